The molecule has 7 rings (SSSR count). The fraction of sp³-hybridized carbons (Fsp3) is 0.200. The maximum atomic E-state index is 15.8. The van der Waals surface area contributed by atoms with Crippen LogP contribution in [0.4, 0.5) is 4.39 Å². The summed E-state index contributed by atoms with van der Waals surface area (Å²) in [6, 6.07) is 30.2. The molecule has 0 aliphatic carbocycles. The van der Waals surface area contributed by atoms with E-state index in [1.54, 1.807) is 6.07 Å². The SMILES string of the molecule is CCc1cc(OCc2ccccc2)ccc1-c1cc(F)c2c(-c3nc4c([nH]3)CN(Cc3ccccc3)CC4)n[nH]c2c1. The summed E-state index contributed by atoms with van der Waals surface area (Å²) in [5.41, 5.74) is 8.54. The average Bonchev–Trinajstić information content (AvgIpc) is 3.65. The Morgan fingerprint density at radius 3 is 2.50 bits per heavy atom. The minimum Gasteiger partial charge on any atom is -0.489 e. The molecule has 0 radical (unpaired) electrons. The van der Waals surface area contributed by atoms with Crippen LogP contribution in [0.2, 0.25) is 0 Å². The van der Waals surface area contributed by atoms with Gasteiger partial charge < -0.3 is 9.72 Å². The largest absolute Gasteiger partial charge is 0.489 e. The molecule has 2 N–H and O–H groups in total. The second-order valence-electron chi connectivity index (χ2n) is 10.9. The Hall–Kier alpha value is -4.75. The Balaban J connectivity index is 1.13. The molecule has 0 saturated carbocycles. The van der Waals surface area contributed by atoms with Crippen LogP contribution in [0.3, 0.4) is 0 Å². The summed E-state index contributed by atoms with van der Waals surface area (Å²) in [5, 5.41) is 8.02. The highest BCUT2D eigenvalue weighted by atomic mass is 19.1. The van der Waals surface area contributed by atoms with Crippen molar-refractivity contribution < 1.29 is 9.13 Å². The maximum Gasteiger partial charge on any atom is 0.159 e. The summed E-state index contributed by atoms with van der Waals surface area (Å²) in [5.74, 6) is 1.08. The topological polar surface area (TPSA) is 69.8 Å². The third kappa shape index (κ3) is 5.19. The lowest BCUT2D eigenvalue weighted by Gasteiger charge is -2.25. The molecule has 7 heteroatoms. The number of fused-ring (bicyclic) bond motifs is 2. The highest BCUT2D eigenvalue weighted by molar-refractivity contribution is 5.94. The van der Waals surface area contributed by atoms with Gasteiger partial charge in [0.05, 0.1) is 22.3 Å². The van der Waals surface area contributed by atoms with E-state index >= 15 is 4.39 Å². The number of aromatic nitrogens is 4. The fourth-order valence-electron chi connectivity index (χ4n) is 5.85. The van der Waals surface area contributed by atoms with Crippen LogP contribution in [-0.2, 0) is 32.5 Å². The molecular weight excluding hydrogens is 525 g/mol. The van der Waals surface area contributed by atoms with E-state index in [0.717, 1.165) is 71.9 Å². The summed E-state index contributed by atoms with van der Waals surface area (Å²) < 4.78 is 21.8. The monoisotopic (exact) mass is 557 g/mol. The number of aromatic amines is 2. The highest BCUT2D eigenvalue weighted by Gasteiger charge is 2.24. The molecule has 0 fully saturated rings. The Bertz CT molecular complexity index is 1840. The zero-order chi connectivity index (χ0) is 28.5. The molecule has 0 spiro atoms. The highest BCUT2D eigenvalue weighted by Crippen LogP contribution is 2.35. The van der Waals surface area contributed by atoms with Crippen molar-refractivity contribution in [1.29, 1.82) is 0 Å². The number of benzene rings is 4. The van der Waals surface area contributed by atoms with Gasteiger partial charge in [-0.05, 0) is 58.5 Å². The number of nitrogens with zero attached hydrogens (tertiary/aromatic N) is 3. The van der Waals surface area contributed by atoms with Crippen molar-refractivity contribution in [3.63, 3.8) is 0 Å². The number of halogens is 1. The van der Waals surface area contributed by atoms with Gasteiger partial charge in [0.25, 0.3) is 0 Å². The minimum absolute atomic E-state index is 0.321. The van der Waals surface area contributed by atoms with Gasteiger partial charge >= 0.3 is 0 Å². The molecule has 2 aromatic heterocycles. The van der Waals surface area contributed by atoms with E-state index in [-0.39, 0.29) is 5.82 Å². The quantitative estimate of drug-likeness (QED) is 0.204. The van der Waals surface area contributed by atoms with Gasteiger partial charge in [-0.25, -0.2) is 9.37 Å². The number of ether oxygens (including phenoxy) is 1. The van der Waals surface area contributed by atoms with E-state index in [1.807, 2.05) is 60.7 Å². The molecule has 4 aromatic carbocycles. The molecule has 42 heavy (non-hydrogen) atoms. The molecule has 1 aliphatic rings. The molecule has 0 bridgehead atoms. The van der Waals surface area contributed by atoms with Crippen LogP contribution in [0.1, 0.15) is 35.0 Å². The number of hydrogen-bond acceptors (Lipinski definition) is 4. The van der Waals surface area contributed by atoms with Gasteiger partial charge in [-0.15, -0.1) is 0 Å². The number of H-pyrrole nitrogens is 2. The van der Waals surface area contributed by atoms with Crippen molar-refractivity contribution in [2.24, 2.45) is 0 Å². The van der Waals surface area contributed by atoms with E-state index < -0.39 is 0 Å². The van der Waals surface area contributed by atoms with Crippen molar-refractivity contribution in [2.75, 3.05) is 6.54 Å². The van der Waals surface area contributed by atoms with Crippen LogP contribution in [0.25, 0.3) is 33.5 Å². The molecule has 0 saturated heterocycles. The summed E-state index contributed by atoms with van der Waals surface area (Å²) in [7, 11) is 0. The van der Waals surface area contributed by atoms with Gasteiger partial charge in [0.1, 0.15) is 23.9 Å². The van der Waals surface area contributed by atoms with E-state index in [9.17, 15) is 0 Å². The van der Waals surface area contributed by atoms with Gasteiger partial charge in [-0.3, -0.25) is 10.00 Å². The lowest BCUT2D eigenvalue weighted by Crippen LogP contribution is -2.30. The second kappa shape index (κ2) is 11.3. The van der Waals surface area contributed by atoms with Crippen molar-refractivity contribution in [3.05, 3.63) is 125 Å². The first-order valence-electron chi connectivity index (χ1n) is 14.5. The number of hydrogen-bond donors (Lipinski definition) is 2. The van der Waals surface area contributed by atoms with E-state index in [1.165, 1.54) is 5.56 Å². The number of rotatable bonds is 8. The molecule has 6 nitrogen and oxygen atoms in total. The van der Waals surface area contributed by atoms with E-state index in [2.05, 4.69) is 51.3 Å². The van der Waals surface area contributed by atoms with Crippen LogP contribution in [0.15, 0.2) is 91.0 Å². The van der Waals surface area contributed by atoms with Gasteiger partial charge in [0.2, 0.25) is 0 Å². The predicted molar refractivity (Wildman–Crippen MR) is 163 cm³/mol. The molecule has 1 aliphatic heterocycles. The zero-order valence-corrected chi connectivity index (χ0v) is 23.5. The van der Waals surface area contributed by atoms with E-state index in [4.69, 9.17) is 9.72 Å². The maximum absolute atomic E-state index is 15.8. The Morgan fingerprint density at radius 2 is 1.71 bits per heavy atom. The Morgan fingerprint density at radius 1 is 0.929 bits per heavy atom. The van der Waals surface area contributed by atoms with Crippen molar-refractivity contribution in [2.45, 2.75) is 39.5 Å². The molecule has 0 amide bonds. The predicted octanol–water partition coefficient (Wildman–Crippen LogP) is 7.46. The molecule has 0 unspecified atom stereocenters. The number of imidazole rings is 1. The van der Waals surface area contributed by atoms with Crippen LogP contribution in [0.5, 0.6) is 5.75 Å². The molecular formula is C35H32FN5O. The van der Waals surface area contributed by atoms with Crippen molar-refractivity contribution in [3.8, 4) is 28.4 Å². The van der Waals surface area contributed by atoms with Crippen LogP contribution >= 0.6 is 0 Å². The molecule has 210 valence electrons. The normalized spacial score (nSPS) is 13.4. The van der Waals surface area contributed by atoms with Crippen molar-refractivity contribution >= 4 is 10.9 Å². The standard InChI is InChI=1S/C35H32FN5O/c1-2-25-17-27(42-22-24-11-7-4-8-12-24)13-14-28(25)26-18-29(36)33-31(19-26)39-40-34(33)35-37-30-15-16-41(21-32(30)38-35)20-23-9-5-3-6-10-23/h3-14,17-19H,2,15-16,20-22H2,1H3,(H,37,38)(H,39,40). The second-order valence-corrected chi connectivity index (χ2v) is 10.9. The summed E-state index contributed by atoms with van der Waals surface area (Å²) in [6.07, 6.45) is 1.64. The van der Waals surface area contributed by atoms with Crippen LogP contribution < -0.4 is 4.74 Å². The number of aryl methyl sites for hydroxylation is 1. The Labute approximate surface area is 244 Å². The zero-order valence-electron chi connectivity index (χ0n) is 23.5. The van der Waals surface area contributed by atoms with E-state index in [0.29, 0.717) is 29.0 Å². The first kappa shape index (κ1) is 26.2. The molecule has 3 heterocycles. The fourth-order valence-corrected chi connectivity index (χ4v) is 5.85. The third-order valence-corrected chi connectivity index (χ3v) is 8.02. The van der Waals surface area contributed by atoms with Gasteiger partial charge in [-0.2, -0.15) is 5.10 Å². The third-order valence-electron chi connectivity index (χ3n) is 8.02. The average molecular weight is 558 g/mol. The summed E-state index contributed by atoms with van der Waals surface area (Å²) in [6.45, 7) is 5.19. The van der Waals surface area contributed by atoms with Gasteiger partial charge in [0, 0.05) is 26.1 Å². The first-order chi connectivity index (χ1) is 20.6. The van der Waals surface area contributed by atoms with Gasteiger partial charge in [0.15, 0.2) is 5.82 Å². The minimum atomic E-state index is -0.321. The summed E-state index contributed by atoms with van der Waals surface area (Å²) in [4.78, 5) is 10.7. The molecule has 6 aromatic rings. The lowest BCUT2D eigenvalue weighted by atomic mass is 9.96. The van der Waals surface area contributed by atoms with Crippen molar-refractivity contribution in [1.82, 2.24) is 25.1 Å². The smallest absolute Gasteiger partial charge is 0.159 e. The first-order valence-corrected chi connectivity index (χ1v) is 14.5. The van der Waals surface area contributed by atoms with Crippen LogP contribution in [-0.4, -0.2) is 31.6 Å². The number of nitrogens with one attached hydrogen (secondary N) is 2. The lowest BCUT2D eigenvalue weighted by molar-refractivity contribution is 0.241. The molecule has 0 atom stereocenters. The van der Waals surface area contributed by atoms with Crippen LogP contribution in [0, 0.1) is 5.82 Å². The summed E-state index contributed by atoms with van der Waals surface area (Å²) >= 11 is 0. The Kier molecular flexibility index (Phi) is 7.01. The van der Waals surface area contributed by atoms with Gasteiger partial charge in [-0.1, -0.05) is 73.7 Å².